The van der Waals surface area contributed by atoms with Crippen LogP contribution in [0.1, 0.15) is 31.4 Å². The van der Waals surface area contributed by atoms with E-state index in [0.717, 1.165) is 17.3 Å². The Bertz CT molecular complexity index is 357. The number of hydrogen-bond acceptors (Lipinski definition) is 1. The smallest absolute Gasteiger partial charge is 0.0635 e. The van der Waals surface area contributed by atoms with Gasteiger partial charge in [-0.05, 0) is 30.0 Å². The van der Waals surface area contributed by atoms with E-state index in [2.05, 4.69) is 48.0 Å². The summed E-state index contributed by atoms with van der Waals surface area (Å²) >= 11 is 3.57. The van der Waals surface area contributed by atoms with Crippen LogP contribution >= 0.6 is 15.9 Å². The van der Waals surface area contributed by atoms with Crippen LogP contribution < -0.4 is 0 Å². The van der Waals surface area contributed by atoms with E-state index >= 15 is 0 Å². The average Bonchev–Trinajstić information content (AvgIpc) is 2.11. The lowest BCUT2D eigenvalue weighted by atomic mass is 9.71. The van der Waals surface area contributed by atoms with Crippen molar-refractivity contribution in [3.8, 4) is 0 Å². The Morgan fingerprint density at radius 2 is 2.14 bits per heavy atom. The van der Waals surface area contributed by atoms with Gasteiger partial charge in [0, 0.05) is 9.89 Å². The summed E-state index contributed by atoms with van der Waals surface area (Å²) in [4.78, 5) is 0. The fourth-order valence-electron chi connectivity index (χ4n) is 2.32. The number of benzene rings is 1. The average molecular weight is 255 g/mol. The van der Waals surface area contributed by atoms with Crippen molar-refractivity contribution in [2.45, 2.75) is 38.2 Å². The van der Waals surface area contributed by atoms with Gasteiger partial charge in [0.2, 0.25) is 0 Å². The molecule has 0 aromatic heterocycles. The van der Waals surface area contributed by atoms with Crippen LogP contribution in [0.4, 0.5) is 0 Å². The second-order valence-corrected chi connectivity index (χ2v) is 5.40. The van der Waals surface area contributed by atoms with E-state index < -0.39 is 0 Å². The van der Waals surface area contributed by atoms with Crippen molar-refractivity contribution in [1.82, 2.24) is 0 Å². The molecule has 1 atom stereocenters. The van der Waals surface area contributed by atoms with E-state index in [1.807, 2.05) is 0 Å². The zero-order valence-corrected chi connectivity index (χ0v) is 10.1. The Morgan fingerprint density at radius 1 is 1.43 bits per heavy atom. The second kappa shape index (κ2) is 3.35. The Kier molecular flexibility index (Phi) is 2.44. The first-order valence-electron chi connectivity index (χ1n) is 4.99. The molecule has 14 heavy (non-hydrogen) atoms. The molecule has 0 saturated carbocycles. The van der Waals surface area contributed by atoms with Gasteiger partial charge in [0.15, 0.2) is 0 Å². The van der Waals surface area contributed by atoms with Crippen LogP contribution in [0.2, 0.25) is 0 Å². The van der Waals surface area contributed by atoms with Gasteiger partial charge < -0.3 is 5.11 Å². The van der Waals surface area contributed by atoms with Crippen molar-refractivity contribution in [3.63, 3.8) is 0 Å². The number of fused-ring (bicyclic) bond motifs is 1. The zero-order chi connectivity index (χ0) is 10.3. The largest absolute Gasteiger partial charge is 0.392 e. The molecule has 76 valence electrons. The third kappa shape index (κ3) is 1.41. The molecule has 1 unspecified atom stereocenters. The zero-order valence-electron chi connectivity index (χ0n) is 8.55. The second-order valence-electron chi connectivity index (χ2n) is 4.55. The Labute approximate surface area is 93.3 Å². The quantitative estimate of drug-likeness (QED) is 0.755. The molecule has 1 aliphatic carbocycles. The summed E-state index contributed by atoms with van der Waals surface area (Å²) in [5, 5.41) is 9.99. The Hall–Kier alpha value is -0.340. The molecule has 0 bridgehead atoms. The van der Waals surface area contributed by atoms with E-state index in [4.69, 9.17) is 0 Å². The highest BCUT2D eigenvalue weighted by Gasteiger charge is 2.36. The summed E-state index contributed by atoms with van der Waals surface area (Å²) in [5.74, 6) is 0. The minimum atomic E-state index is -0.228. The summed E-state index contributed by atoms with van der Waals surface area (Å²) in [6.45, 7) is 4.22. The highest BCUT2D eigenvalue weighted by atomic mass is 79.9. The summed E-state index contributed by atoms with van der Waals surface area (Å²) in [7, 11) is 0. The summed E-state index contributed by atoms with van der Waals surface area (Å²) in [6.07, 6.45) is 1.63. The molecular formula is C12H15BrO. The van der Waals surface area contributed by atoms with Crippen LogP contribution in [-0.2, 0) is 11.8 Å². The van der Waals surface area contributed by atoms with E-state index in [1.165, 1.54) is 11.1 Å². The normalized spacial score (nSPS) is 24.4. The first-order valence-corrected chi connectivity index (χ1v) is 5.78. The fourth-order valence-corrected chi connectivity index (χ4v) is 3.24. The summed E-state index contributed by atoms with van der Waals surface area (Å²) < 4.78 is 1.12. The summed E-state index contributed by atoms with van der Waals surface area (Å²) in [6, 6.07) is 6.28. The highest BCUT2D eigenvalue weighted by Crippen LogP contribution is 2.40. The van der Waals surface area contributed by atoms with Gasteiger partial charge in [0.25, 0.3) is 0 Å². The lowest BCUT2D eigenvalue weighted by molar-refractivity contribution is 0.0827. The number of aryl methyl sites for hydroxylation is 1. The van der Waals surface area contributed by atoms with Gasteiger partial charge in [0.1, 0.15) is 0 Å². The lowest BCUT2D eigenvalue weighted by Crippen LogP contribution is -2.38. The predicted molar refractivity (Wildman–Crippen MR) is 61.5 cm³/mol. The maximum atomic E-state index is 9.99. The standard InChI is InChI=1S/C12H15BrO/c1-12(2)10(14)7-6-8-4-3-5-9(13)11(8)12/h3-5,10,14H,6-7H2,1-2H3. The van der Waals surface area contributed by atoms with Gasteiger partial charge in [-0.1, -0.05) is 41.9 Å². The minimum absolute atomic E-state index is 0.131. The van der Waals surface area contributed by atoms with Gasteiger partial charge in [-0.2, -0.15) is 0 Å². The van der Waals surface area contributed by atoms with Crippen LogP contribution in [0, 0.1) is 0 Å². The SMILES string of the molecule is CC1(C)c2c(Br)cccc2CCC1O. The van der Waals surface area contributed by atoms with Crippen molar-refractivity contribution in [1.29, 1.82) is 0 Å². The molecule has 0 aliphatic heterocycles. The molecular weight excluding hydrogens is 240 g/mol. The van der Waals surface area contributed by atoms with Crippen molar-refractivity contribution in [2.75, 3.05) is 0 Å². The van der Waals surface area contributed by atoms with Gasteiger partial charge in [-0.15, -0.1) is 0 Å². The van der Waals surface area contributed by atoms with E-state index in [1.54, 1.807) is 0 Å². The van der Waals surface area contributed by atoms with Crippen molar-refractivity contribution in [3.05, 3.63) is 33.8 Å². The molecule has 1 aromatic carbocycles. The van der Waals surface area contributed by atoms with E-state index in [9.17, 15) is 5.11 Å². The van der Waals surface area contributed by atoms with E-state index in [-0.39, 0.29) is 11.5 Å². The molecule has 2 heteroatoms. The Morgan fingerprint density at radius 3 is 2.86 bits per heavy atom. The van der Waals surface area contributed by atoms with E-state index in [0.29, 0.717) is 0 Å². The molecule has 0 amide bonds. The first-order chi connectivity index (χ1) is 6.53. The highest BCUT2D eigenvalue weighted by molar-refractivity contribution is 9.10. The molecule has 0 radical (unpaired) electrons. The van der Waals surface area contributed by atoms with Crippen molar-refractivity contribution in [2.24, 2.45) is 0 Å². The van der Waals surface area contributed by atoms with Crippen LogP contribution in [0.25, 0.3) is 0 Å². The first kappa shape index (κ1) is 10.2. The van der Waals surface area contributed by atoms with Crippen LogP contribution in [0.5, 0.6) is 0 Å². The molecule has 2 rings (SSSR count). The van der Waals surface area contributed by atoms with Crippen molar-refractivity contribution < 1.29 is 5.11 Å². The molecule has 0 fully saturated rings. The third-order valence-corrected chi connectivity index (χ3v) is 3.93. The number of aliphatic hydroxyl groups is 1. The minimum Gasteiger partial charge on any atom is -0.392 e. The molecule has 1 nitrogen and oxygen atoms in total. The molecule has 0 spiro atoms. The van der Waals surface area contributed by atoms with Gasteiger partial charge in [-0.3, -0.25) is 0 Å². The van der Waals surface area contributed by atoms with Gasteiger partial charge in [0.05, 0.1) is 6.10 Å². The maximum absolute atomic E-state index is 9.99. The molecule has 1 aromatic rings. The van der Waals surface area contributed by atoms with Crippen LogP contribution in [0.15, 0.2) is 22.7 Å². The van der Waals surface area contributed by atoms with Crippen molar-refractivity contribution >= 4 is 15.9 Å². The number of halogens is 1. The number of aliphatic hydroxyl groups excluding tert-OH is 1. The molecule has 0 saturated heterocycles. The maximum Gasteiger partial charge on any atom is 0.0635 e. The van der Waals surface area contributed by atoms with Gasteiger partial charge >= 0.3 is 0 Å². The monoisotopic (exact) mass is 254 g/mol. The molecule has 0 heterocycles. The third-order valence-electron chi connectivity index (χ3n) is 3.26. The predicted octanol–water partition coefficient (Wildman–Crippen LogP) is 3.03. The molecule has 1 aliphatic rings. The van der Waals surface area contributed by atoms with Gasteiger partial charge in [-0.25, -0.2) is 0 Å². The van der Waals surface area contributed by atoms with Crippen LogP contribution in [0.3, 0.4) is 0 Å². The number of hydrogen-bond donors (Lipinski definition) is 1. The summed E-state index contributed by atoms with van der Waals surface area (Å²) in [5.41, 5.74) is 2.52. The topological polar surface area (TPSA) is 20.2 Å². The Balaban J connectivity index is 2.61. The van der Waals surface area contributed by atoms with Crippen LogP contribution in [-0.4, -0.2) is 11.2 Å². The molecule has 1 N–H and O–H groups in total. The fraction of sp³-hybridized carbons (Fsp3) is 0.500. The lowest BCUT2D eigenvalue weighted by Gasteiger charge is -2.38. The number of rotatable bonds is 0.